The third-order valence-corrected chi connectivity index (χ3v) is 3.13. The van der Waals surface area contributed by atoms with Crippen LogP contribution in [0.5, 0.6) is 0 Å². The number of carboxylic acid groups (broad SMARTS) is 1. The summed E-state index contributed by atoms with van der Waals surface area (Å²) in [6.45, 7) is 3.43. The molecule has 0 radical (unpaired) electrons. The average molecular weight is 275 g/mol. The second-order valence-electron chi connectivity index (χ2n) is 4.45. The molecule has 0 saturated heterocycles. The predicted octanol–water partition coefficient (Wildman–Crippen LogP) is 2.15. The zero-order valence-corrected chi connectivity index (χ0v) is 11.0. The molecule has 1 N–H and O–H groups in total. The third kappa shape index (κ3) is 2.37. The second-order valence-corrected chi connectivity index (χ2v) is 4.45. The van der Waals surface area contributed by atoms with E-state index in [0.717, 1.165) is 0 Å². The number of carbonyl (C=O) groups is 1. The Hall–Kier alpha value is -2.70. The number of pyridine rings is 1. The molecule has 0 aliphatic carbocycles. The van der Waals surface area contributed by atoms with Crippen molar-refractivity contribution in [3.63, 3.8) is 0 Å². The zero-order chi connectivity index (χ0) is 14.9. The van der Waals surface area contributed by atoms with E-state index < -0.39 is 10.9 Å². The number of aromatic nitrogens is 2. The highest BCUT2D eigenvalue weighted by atomic mass is 16.6. The summed E-state index contributed by atoms with van der Waals surface area (Å²) in [7, 11) is 0. The lowest BCUT2D eigenvalue weighted by Crippen LogP contribution is -2.11. The minimum absolute atomic E-state index is 0.0269. The van der Waals surface area contributed by atoms with Gasteiger partial charge in [0.1, 0.15) is 5.69 Å². The molecule has 0 spiro atoms. The van der Waals surface area contributed by atoms with Crippen molar-refractivity contribution < 1.29 is 14.8 Å². The van der Waals surface area contributed by atoms with Gasteiger partial charge in [-0.15, -0.1) is 0 Å². The molecule has 104 valence electrons. The molecule has 2 rings (SSSR count). The van der Waals surface area contributed by atoms with Crippen molar-refractivity contribution in [2.24, 2.45) is 0 Å². The van der Waals surface area contributed by atoms with Crippen molar-refractivity contribution in [3.8, 4) is 0 Å². The second kappa shape index (κ2) is 5.12. The lowest BCUT2D eigenvalue weighted by Gasteiger charge is -2.10. The van der Waals surface area contributed by atoms with Crippen LogP contribution in [0, 0.1) is 24.0 Å². The molecule has 0 aliphatic heterocycles. The van der Waals surface area contributed by atoms with E-state index in [0.29, 0.717) is 16.8 Å². The van der Waals surface area contributed by atoms with Gasteiger partial charge in [0.15, 0.2) is 0 Å². The van der Waals surface area contributed by atoms with Gasteiger partial charge in [0, 0.05) is 18.0 Å². The number of hydrogen-bond donors (Lipinski definition) is 1. The lowest BCUT2D eigenvalue weighted by molar-refractivity contribution is -0.386. The molecule has 7 nitrogen and oxygen atoms in total. The third-order valence-electron chi connectivity index (χ3n) is 3.13. The van der Waals surface area contributed by atoms with Crippen LogP contribution in [0.1, 0.15) is 27.3 Å². The fourth-order valence-electron chi connectivity index (χ4n) is 2.11. The molecule has 20 heavy (non-hydrogen) atoms. The maximum absolute atomic E-state index is 11.0. The molecule has 0 aromatic carbocycles. The molecular formula is C13H13N3O4. The number of rotatable bonds is 4. The first-order chi connectivity index (χ1) is 9.41. The van der Waals surface area contributed by atoms with Gasteiger partial charge in [-0.3, -0.25) is 15.1 Å². The minimum Gasteiger partial charge on any atom is -0.477 e. The van der Waals surface area contributed by atoms with Crippen molar-refractivity contribution in [1.29, 1.82) is 0 Å². The van der Waals surface area contributed by atoms with Crippen LogP contribution in [-0.4, -0.2) is 25.6 Å². The summed E-state index contributed by atoms with van der Waals surface area (Å²) in [5.74, 6) is -1.05. The number of aryl methyl sites for hydroxylation is 1. The maximum Gasteiger partial charge on any atom is 0.352 e. The highest BCUT2D eigenvalue weighted by Crippen LogP contribution is 2.24. The normalized spacial score (nSPS) is 10.5. The van der Waals surface area contributed by atoms with Crippen LogP contribution in [0.2, 0.25) is 0 Å². The molecule has 0 amide bonds. The van der Waals surface area contributed by atoms with Gasteiger partial charge in [0.05, 0.1) is 22.7 Å². The molecule has 2 heterocycles. The lowest BCUT2D eigenvalue weighted by atomic mass is 10.1. The highest BCUT2D eigenvalue weighted by Gasteiger charge is 2.19. The molecule has 0 fully saturated rings. The summed E-state index contributed by atoms with van der Waals surface area (Å²) in [6.07, 6.45) is 3.04. The maximum atomic E-state index is 11.0. The van der Waals surface area contributed by atoms with Crippen LogP contribution in [0.25, 0.3) is 0 Å². The predicted molar refractivity (Wildman–Crippen MR) is 70.9 cm³/mol. The molecule has 7 heteroatoms. The average Bonchev–Trinajstić information content (AvgIpc) is 2.80. The molecule has 0 bridgehead atoms. The Bertz CT molecular complexity index is 691. The summed E-state index contributed by atoms with van der Waals surface area (Å²) in [6, 6.07) is 3.08. The van der Waals surface area contributed by atoms with Gasteiger partial charge >= 0.3 is 5.97 Å². The number of aromatic carboxylic acids is 1. The number of hydrogen-bond acceptors (Lipinski definition) is 4. The summed E-state index contributed by atoms with van der Waals surface area (Å²) in [5.41, 5.74) is 1.58. The van der Waals surface area contributed by atoms with Gasteiger partial charge in [-0.2, -0.15) is 0 Å². The molecule has 2 aromatic rings. The Morgan fingerprint density at radius 2 is 2.20 bits per heavy atom. The Balaban J connectivity index is 2.45. The van der Waals surface area contributed by atoms with Crippen LogP contribution in [0.3, 0.4) is 0 Å². The molecule has 0 aliphatic rings. The van der Waals surface area contributed by atoms with Gasteiger partial charge in [0.25, 0.3) is 5.69 Å². The van der Waals surface area contributed by atoms with E-state index in [1.807, 2.05) is 0 Å². The first-order valence-electron chi connectivity index (χ1n) is 5.89. The quantitative estimate of drug-likeness (QED) is 0.681. The summed E-state index contributed by atoms with van der Waals surface area (Å²) in [4.78, 5) is 25.8. The standard InChI is InChI=1S/C13H13N3O4/c1-8-6-14-10(9(2)12(8)16(19)20)7-15-5-3-4-11(15)13(17)18/h3-6H,7H2,1-2H3,(H,17,18). The van der Waals surface area contributed by atoms with E-state index in [-0.39, 0.29) is 17.9 Å². The Kier molecular flexibility index (Phi) is 3.51. The Labute approximate surface area is 114 Å². The minimum atomic E-state index is -1.05. The van der Waals surface area contributed by atoms with Crippen molar-refractivity contribution >= 4 is 11.7 Å². The molecule has 2 aromatic heterocycles. The van der Waals surface area contributed by atoms with E-state index in [9.17, 15) is 14.9 Å². The summed E-state index contributed by atoms with van der Waals surface area (Å²) >= 11 is 0. The smallest absolute Gasteiger partial charge is 0.352 e. The van der Waals surface area contributed by atoms with Crippen LogP contribution < -0.4 is 0 Å². The Morgan fingerprint density at radius 3 is 2.80 bits per heavy atom. The Morgan fingerprint density at radius 1 is 1.50 bits per heavy atom. The van der Waals surface area contributed by atoms with E-state index in [1.165, 1.54) is 16.8 Å². The van der Waals surface area contributed by atoms with Crippen molar-refractivity contribution in [1.82, 2.24) is 9.55 Å². The highest BCUT2D eigenvalue weighted by molar-refractivity contribution is 5.85. The first kappa shape index (κ1) is 13.7. The monoisotopic (exact) mass is 275 g/mol. The van der Waals surface area contributed by atoms with E-state index in [1.54, 1.807) is 26.1 Å². The first-order valence-corrected chi connectivity index (χ1v) is 5.89. The largest absolute Gasteiger partial charge is 0.477 e. The van der Waals surface area contributed by atoms with E-state index >= 15 is 0 Å². The molecule has 0 unspecified atom stereocenters. The topological polar surface area (TPSA) is 98.3 Å². The summed E-state index contributed by atoms with van der Waals surface area (Å²) < 4.78 is 1.50. The summed E-state index contributed by atoms with van der Waals surface area (Å²) in [5, 5.41) is 20.1. The van der Waals surface area contributed by atoms with Gasteiger partial charge in [-0.25, -0.2) is 4.79 Å². The fraction of sp³-hybridized carbons (Fsp3) is 0.231. The van der Waals surface area contributed by atoms with E-state index in [2.05, 4.69) is 4.98 Å². The SMILES string of the molecule is Cc1cnc(Cn2cccc2C(=O)O)c(C)c1[N+](=O)[O-]. The van der Waals surface area contributed by atoms with Gasteiger partial charge in [0.2, 0.25) is 0 Å². The van der Waals surface area contributed by atoms with Crippen molar-refractivity contribution in [3.05, 3.63) is 57.2 Å². The molecule has 0 atom stereocenters. The number of nitro groups is 1. The van der Waals surface area contributed by atoms with Gasteiger partial charge in [-0.05, 0) is 26.0 Å². The van der Waals surface area contributed by atoms with Gasteiger partial charge in [-0.1, -0.05) is 0 Å². The van der Waals surface area contributed by atoms with Crippen LogP contribution >= 0.6 is 0 Å². The molecular weight excluding hydrogens is 262 g/mol. The number of nitrogens with zero attached hydrogens (tertiary/aromatic N) is 3. The number of carboxylic acids is 1. The van der Waals surface area contributed by atoms with E-state index in [4.69, 9.17) is 5.11 Å². The molecule has 0 saturated carbocycles. The fourth-order valence-corrected chi connectivity index (χ4v) is 2.11. The van der Waals surface area contributed by atoms with Gasteiger partial charge < -0.3 is 9.67 Å². The van der Waals surface area contributed by atoms with Crippen molar-refractivity contribution in [2.75, 3.05) is 0 Å². The zero-order valence-electron chi connectivity index (χ0n) is 11.0. The van der Waals surface area contributed by atoms with Crippen LogP contribution in [0.4, 0.5) is 5.69 Å². The van der Waals surface area contributed by atoms with Crippen LogP contribution in [-0.2, 0) is 6.54 Å². The van der Waals surface area contributed by atoms with Crippen LogP contribution in [0.15, 0.2) is 24.5 Å². The van der Waals surface area contributed by atoms with Crippen molar-refractivity contribution in [2.45, 2.75) is 20.4 Å².